The van der Waals surface area contributed by atoms with E-state index in [4.69, 9.17) is 4.98 Å². The van der Waals surface area contributed by atoms with Gasteiger partial charge in [-0.25, -0.2) is 0 Å². The molecule has 0 amide bonds. The molecule has 1 fully saturated rings. The second kappa shape index (κ2) is 6.36. The Kier molecular flexibility index (Phi) is 4.06. The Hall–Kier alpha value is -2.21. The van der Waals surface area contributed by atoms with Crippen LogP contribution < -0.4 is 0 Å². The van der Waals surface area contributed by atoms with E-state index >= 15 is 0 Å². The summed E-state index contributed by atoms with van der Waals surface area (Å²) < 4.78 is 0. The molecule has 3 heteroatoms. The van der Waals surface area contributed by atoms with Crippen molar-refractivity contribution in [3.63, 3.8) is 0 Å². The van der Waals surface area contributed by atoms with Crippen LogP contribution in [0.5, 0.6) is 0 Å². The fourth-order valence-electron chi connectivity index (χ4n) is 4.40. The van der Waals surface area contributed by atoms with E-state index in [1.165, 1.54) is 43.4 Å². The molecular formula is C21H23N3. The van der Waals surface area contributed by atoms with E-state index in [2.05, 4.69) is 17.1 Å². The number of nitriles is 1. The molecule has 0 aliphatic heterocycles. The van der Waals surface area contributed by atoms with Crippen molar-refractivity contribution in [3.8, 4) is 17.2 Å². The van der Waals surface area contributed by atoms with Crippen LogP contribution in [-0.2, 0) is 12.8 Å². The summed E-state index contributed by atoms with van der Waals surface area (Å²) in [5, 5.41) is 9.99. The van der Waals surface area contributed by atoms with Crippen molar-refractivity contribution in [1.82, 2.24) is 9.97 Å². The van der Waals surface area contributed by atoms with Gasteiger partial charge < -0.3 is 0 Å². The van der Waals surface area contributed by atoms with E-state index in [0.717, 1.165) is 47.3 Å². The summed E-state index contributed by atoms with van der Waals surface area (Å²) in [6, 6.07) is 6.68. The average Bonchev–Trinajstić information content (AvgIpc) is 3.09. The Morgan fingerprint density at radius 2 is 1.96 bits per heavy atom. The van der Waals surface area contributed by atoms with Crippen LogP contribution in [0, 0.1) is 18.3 Å². The Bertz CT molecular complexity index is 811. The number of fused-ring (bicyclic) bond motifs is 1. The number of nitrogens with zero attached hydrogens (tertiary/aromatic N) is 3. The van der Waals surface area contributed by atoms with Crippen molar-refractivity contribution in [3.05, 3.63) is 46.5 Å². The lowest BCUT2D eigenvalue weighted by molar-refractivity contribution is 0.435. The van der Waals surface area contributed by atoms with Crippen LogP contribution in [0.25, 0.3) is 11.1 Å². The van der Waals surface area contributed by atoms with Gasteiger partial charge in [0.15, 0.2) is 0 Å². The van der Waals surface area contributed by atoms with Crippen LogP contribution in [0.3, 0.4) is 0 Å². The molecule has 0 atom stereocenters. The summed E-state index contributed by atoms with van der Waals surface area (Å²) in [6.07, 6.45) is 11.3. The molecule has 2 aliphatic rings. The zero-order valence-corrected chi connectivity index (χ0v) is 14.3. The third-order valence-electron chi connectivity index (χ3n) is 5.54. The van der Waals surface area contributed by atoms with Crippen molar-refractivity contribution < 1.29 is 0 Å². The molecule has 4 rings (SSSR count). The SMILES string of the molecule is Cc1cc(-c2c(C#N)c(C3CCCCC3)nc3c2CCC3)ccn1. The lowest BCUT2D eigenvalue weighted by Gasteiger charge is -2.24. The fraction of sp³-hybridized carbons (Fsp3) is 0.476. The van der Waals surface area contributed by atoms with Crippen molar-refractivity contribution in [2.45, 2.75) is 64.2 Å². The summed E-state index contributed by atoms with van der Waals surface area (Å²) in [4.78, 5) is 9.35. The van der Waals surface area contributed by atoms with Crippen LogP contribution in [0.2, 0.25) is 0 Å². The van der Waals surface area contributed by atoms with Gasteiger partial charge in [0.2, 0.25) is 0 Å². The fourth-order valence-corrected chi connectivity index (χ4v) is 4.40. The summed E-state index contributed by atoms with van der Waals surface area (Å²) in [7, 11) is 0. The maximum Gasteiger partial charge on any atom is 0.102 e. The van der Waals surface area contributed by atoms with E-state index in [0.29, 0.717) is 5.92 Å². The van der Waals surface area contributed by atoms with Gasteiger partial charge in [-0.3, -0.25) is 9.97 Å². The van der Waals surface area contributed by atoms with Gasteiger partial charge in [0.1, 0.15) is 6.07 Å². The highest BCUT2D eigenvalue weighted by Gasteiger charge is 2.28. The Labute approximate surface area is 143 Å². The van der Waals surface area contributed by atoms with E-state index < -0.39 is 0 Å². The van der Waals surface area contributed by atoms with Gasteiger partial charge in [0.25, 0.3) is 0 Å². The number of hydrogen-bond acceptors (Lipinski definition) is 3. The first-order chi connectivity index (χ1) is 11.8. The number of rotatable bonds is 2. The van der Waals surface area contributed by atoms with Crippen LogP contribution in [-0.4, -0.2) is 9.97 Å². The van der Waals surface area contributed by atoms with Gasteiger partial charge in [-0.05, 0) is 62.3 Å². The summed E-state index contributed by atoms with van der Waals surface area (Å²) in [5.74, 6) is 0.459. The van der Waals surface area contributed by atoms with Gasteiger partial charge in [0, 0.05) is 29.1 Å². The largest absolute Gasteiger partial charge is 0.262 e. The van der Waals surface area contributed by atoms with Crippen molar-refractivity contribution >= 4 is 0 Å². The Morgan fingerprint density at radius 3 is 2.71 bits per heavy atom. The van der Waals surface area contributed by atoms with Crippen LogP contribution in [0.1, 0.15) is 72.7 Å². The lowest BCUT2D eigenvalue weighted by Crippen LogP contribution is -2.12. The molecule has 24 heavy (non-hydrogen) atoms. The van der Waals surface area contributed by atoms with Gasteiger partial charge in [0.05, 0.1) is 11.3 Å². The predicted molar refractivity (Wildman–Crippen MR) is 94.8 cm³/mol. The van der Waals surface area contributed by atoms with E-state index in [1.807, 2.05) is 19.2 Å². The lowest BCUT2D eigenvalue weighted by atomic mass is 9.82. The summed E-state index contributed by atoms with van der Waals surface area (Å²) in [6.45, 7) is 2.01. The van der Waals surface area contributed by atoms with E-state index in [1.54, 1.807) is 0 Å². The minimum Gasteiger partial charge on any atom is -0.262 e. The van der Waals surface area contributed by atoms with E-state index in [9.17, 15) is 5.26 Å². The second-order valence-electron chi connectivity index (χ2n) is 7.16. The minimum atomic E-state index is 0.459. The number of aromatic nitrogens is 2. The number of pyridine rings is 2. The van der Waals surface area contributed by atoms with Gasteiger partial charge in [-0.15, -0.1) is 0 Å². The molecule has 0 aromatic carbocycles. The zero-order chi connectivity index (χ0) is 16.5. The highest BCUT2D eigenvalue weighted by Crippen LogP contribution is 2.41. The zero-order valence-electron chi connectivity index (χ0n) is 14.3. The van der Waals surface area contributed by atoms with Crippen LogP contribution >= 0.6 is 0 Å². The van der Waals surface area contributed by atoms with Gasteiger partial charge in [-0.2, -0.15) is 5.26 Å². The first kappa shape index (κ1) is 15.3. The molecule has 2 aliphatic carbocycles. The maximum atomic E-state index is 9.99. The summed E-state index contributed by atoms with van der Waals surface area (Å²) in [5.41, 5.74) is 7.72. The molecule has 0 spiro atoms. The highest BCUT2D eigenvalue weighted by molar-refractivity contribution is 5.76. The Morgan fingerprint density at radius 1 is 1.12 bits per heavy atom. The molecule has 0 N–H and O–H groups in total. The first-order valence-corrected chi connectivity index (χ1v) is 9.16. The van der Waals surface area contributed by atoms with Crippen molar-refractivity contribution in [2.75, 3.05) is 0 Å². The second-order valence-corrected chi connectivity index (χ2v) is 7.16. The quantitative estimate of drug-likeness (QED) is 0.794. The molecule has 0 bridgehead atoms. The van der Waals surface area contributed by atoms with Gasteiger partial charge >= 0.3 is 0 Å². The predicted octanol–water partition coefficient (Wildman–Crippen LogP) is 4.86. The smallest absolute Gasteiger partial charge is 0.102 e. The molecule has 122 valence electrons. The molecule has 2 aromatic rings. The molecule has 2 aromatic heterocycles. The summed E-state index contributed by atoms with van der Waals surface area (Å²) >= 11 is 0. The molecular weight excluding hydrogens is 294 g/mol. The molecule has 1 saturated carbocycles. The van der Waals surface area contributed by atoms with Gasteiger partial charge in [-0.1, -0.05) is 19.3 Å². The number of aryl methyl sites for hydroxylation is 2. The third kappa shape index (κ3) is 2.60. The third-order valence-corrected chi connectivity index (χ3v) is 5.54. The number of hydrogen-bond donors (Lipinski definition) is 0. The molecule has 0 radical (unpaired) electrons. The molecule has 0 unspecified atom stereocenters. The molecule has 3 nitrogen and oxygen atoms in total. The first-order valence-electron chi connectivity index (χ1n) is 9.16. The van der Waals surface area contributed by atoms with Crippen molar-refractivity contribution in [1.29, 1.82) is 5.26 Å². The normalized spacial score (nSPS) is 17.5. The topological polar surface area (TPSA) is 49.6 Å². The monoisotopic (exact) mass is 317 g/mol. The molecule has 2 heterocycles. The maximum absolute atomic E-state index is 9.99. The van der Waals surface area contributed by atoms with Crippen molar-refractivity contribution in [2.24, 2.45) is 0 Å². The highest BCUT2D eigenvalue weighted by atomic mass is 14.7. The molecule has 0 saturated heterocycles. The van der Waals surface area contributed by atoms with E-state index in [-0.39, 0.29) is 0 Å². The average molecular weight is 317 g/mol. The van der Waals surface area contributed by atoms with Crippen LogP contribution in [0.4, 0.5) is 0 Å². The standard InChI is InChI=1S/C21H23N3/c1-14-12-16(10-11-23-14)20-17-8-5-9-19(17)24-21(18(20)13-22)15-6-3-2-4-7-15/h10-12,15H,2-9H2,1H3. The Balaban J connectivity index is 1.94. The van der Waals surface area contributed by atoms with Crippen LogP contribution in [0.15, 0.2) is 18.3 Å². The minimum absolute atomic E-state index is 0.459.